The molecule has 0 aliphatic carbocycles. The Balaban J connectivity index is 2.40. The van der Waals surface area contributed by atoms with E-state index in [-0.39, 0.29) is 5.73 Å². The summed E-state index contributed by atoms with van der Waals surface area (Å²) < 4.78 is 5.65. The number of rotatable bonds is 7. The molecule has 0 aromatic heterocycles. The molecule has 3 rings (SSSR count). The standard InChI is InChI=1S/C23H22O2Si/c1-19(2)23(25-18-24)26(20-12-6-3-7-13-20,21-14-8-4-9-15-21)22-16-10-5-11-17-22/h3-17,23H,1-2H3. The molecule has 0 fully saturated rings. The molecule has 0 saturated heterocycles. The molecular formula is C23H22O2Si. The predicted molar refractivity (Wildman–Crippen MR) is 109 cm³/mol. The van der Waals surface area contributed by atoms with Crippen LogP contribution in [0.25, 0.3) is 0 Å². The van der Waals surface area contributed by atoms with E-state index in [1.165, 1.54) is 15.6 Å². The molecule has 0 aliphatic heterocycles. The van der Waals surface area contributed by atoms with Gasteiger partial charge in [-0.05, 0) is 15.6 Å². The Bertz CT molecular complexity index is 720. The van der Waals surface area contributed by atoms with Gasteiger partial charge in [0.05, 0.1) is 0 Å². The molecule has 130 valence electrons. The third kappa shape index (κ3) is 3.23. The van der Waals surface area contributed by atoms with Gasteiger partial charge in [-0.2, -0.15) is 0 Å². The second-order valence-corrected chi connectivity index (χ2v) is 10.4. The Kier molecular flexibility index (Phi) is 5.69. The fourth-order valence-corrected chi connectivity index (χ4v) is 8.90. The van der Waals surface area contributed by atoms with Gasteiger partial charge in [0.1, 0.15) is 5.73 Å². The van der Waals surface area contributed by atoms with E-state index in [1.54, 1.807) is 6.47 Å². The van der Waals surface area contributed by atoms with Gasteiger partial charge in [-0.25, -0.2) is 4.79 Å². The number of benzene rings is 3. The van der Waals surface area contributed by atoms with Gasteiger partial charge < -0.3 is 4.74 Å². The topological polar surface area (TPSA) is 26.3 Å². The van der Waals surface area contributed by atoms with Crippen molar-refractivity contribution in [1.82, 2.24) is 0 Å². The van der Waals surface area contributed by atoms with Crippen LogP contribution in [-0.4, -0.2) is 20.3 Å². The molecule has 2 radical (unpaired) electrons. The molecule has 3 heteroatoms. The zero-order chi connectivity index (χ0) is 18.4. The SMILES string of the molecule is C[C](C)C(O[C]=O)[Si](c1ccccc1)(c1ccccc1)c1ccccc1. The summed E-state index contributed by atoms with van der Waals surface area (Å²) in [6.45, 7) is 5.78. The molecule has 0 saturated carbocycles. The lowest BCUT2D eigenvalue weighted by molar-refractivity contribution is 0.250. The highest BCUT2D eigenvalue weighted by Crippen LogP contribution is 2.22. The molecule has 2 nitrogen and oxygen atoms in total. The predicted octanol–water partition coefficient (Wildman–Crippen LogP) is 2.76. The molecule has 0 N–H and O–H groups in total. The lowest BCUT2D eigenvalue weighted by Gasteiger charge is -2.40. The summed E-state index contributed by atoms with van der Waals surface area (Å²) in [5.74, 6) is 1.07. The first-order valence-corrected chi connectivity index (χ1v) is 10.8. The zero-order valence-corrected chi connectivity index (χ0v) is 16.1. The van der Waals surface area contributed by atoms with Crippen LogP contribution < -0.4 is 15.6 Å². The summed E-state index contributed by atoms with van der Waals surface area (Å²) in [7, 11) is -2.66. The smallest absolute Gasteiger partial charge is 0.417 e. The van der Waals surface area contributed by atoms with Crippen LogP contribution in [0, 0.1) is 5.92 Å². The lowest BCUT2D eigenvalue weighted by Crippen LogP contribution is -2.75. The second kappa shape index (κ2) is 8.15. The minimum Gasteiger partial charge on any atom is -0.456 e. The average molecular weight is 359 g/mol. The molecule has 1 unspecified atom stereocenters. The summed E-state index contributed by atoms with van der Waals surface area (Å²) in [5.41, 5.74) is -0.341. The van der Waals surface area contributed by atoms with Crippen molar-refractivity contribution < 1.29 is 9.53 Å². The van der Waals surface area contributed by atoms with Crippen molar-refractivity contribution in [3.8, 4) is 0 Å². The van der Waals surface area contributed by atoms with Crippen LogP contribution in [0.15, 0.2) is 91.0 Å². The molecule has 26 heavy (non-hydrogen) atoms. The molecular weight excluding hydrogens is 336 g/mol. The Labute approximate surface area is 156 Å². The minimum absolute atomic E-state index is 0.341. The van der Waals surface area contributed by atoms with Gasteiger partial charge in [0.2, 0.25) is 0 Å². The van der Waals surface area contributed by atoms with Crippen molar-refractivity contribution in [2.75, 3.05) is 0 Å². The van der Waals surface area contributed by atoms with E-state index in [1.807, 2.05) is 32.0 Å². The molecule has 0 heterocycles. The maximum atomic E-state index is 11.3. The van der Waals surface area contributed by atoms with Crippen molar-refractivity contribution in [3.05, 3.63) is 96.9 Å². The highest BCUT2D eigenvalue weighted by atomic mass is 28.3. The Morgan fingerprint density at radius 2 is 1.08 bits per heavy atom. The highest BCUT2D eigenvalue weighted by Gasteiger charge is 2.49. The number of carbonyl (C=O) groups excluding carboxylic acids is 1. The summed E-state index contributed by atoms with van der Waals surface area (Å²) in [4.78, 5) is 11.3. The van der Waals surface area contributed by atoms with Crippen molar-refractivity contribution in [2.24, 2.45) is 0 Å². The zero-order valence-electron chi connectivity index (χ0n) is 15.1. The van der Waals surface area contributed by atoms with Gasteiger partial charge in [0, 0.05) is 5.92 Å². The third-order valence-electron chi connectivity index (χ3n) is 4.77. The number of hydrogen-bond acceptors (Lipinski definition) is 2. The first-order valence-electron chi connectivity index (χ1n) is 8.70. The van der Waals surface area contributed by atoms with Gasteiger partial charge in [0.25, 0.3) is 0 Å². The van der Waals surface area contributed by atoms with Crippen LogP contribution in [0.5, 0.6) is 0 Å². The Morgan fingerprint density at radius 3 is 1.35 bits per heavy atom. The number of hydrogen-bond donors (Lipinski definition) is 0. The van der Waals surface area contributed by atoms with Gasteiger partial charge in [-0.15, -0.1) is 0 Å². The van der Waals surface area contributed by atoms with Crippen LogP contribution in [0.4, 0.5) is 0 Å². The Morgan fingerprint density at radius 1 is 0.731 bits per heavy atom. The summed E-state index contributed by atoms with van der Waals surface area (Å²) >= 11 is 0. The third-order valence-corrected chi connectivity index (χ3v) is 9.98. The van der Waals surface area contributed by atoms with Crippen LogP contribution in [-0.2, 0) is 9.53 Å². The molecule has 3 aromatic rings. The molecule has 0 amide bonds. The first kappa shape index (κ1) is 18.1. The normalized spacial score (nSPS) is 12.6. The van der Waals surface area contributed by atoms with E-state index in [0.29, 0.717) is 0 Å². The van der Waals surface area contributed by atoms with Crippen molar-refractivity contribution >= 4 is 30.1 Å². The maximum absolute atomic E-state index is 11.3. The van der Waals surface area contributed by atoms with Crippen molar-refractivity contribution in [1.29, 1.82) is 0 Å². The van der Waals surface area contributed by atoms with Gasteiger partial charge in [-0.3, -0.25) is 0 Å². The molecule has 0 spiro atoms. The van der Waals surface area contributed by atoms with Crippen molar-refractivity contribution in [2.45, 2.75) is 19.6 Å². The molecule has 0 bridgehead atoms. The largest absolute Gasteiger partial charge is 0.456 e. The van der Waals surface area contributed by atoms with Crippen LogP contribution >= 0.6 is 0 Å². The molecule has 0 aliphatic rings. The van der Waals surface area contributed by atoms with Crippen LogP contribution in [0.1, 0.15) is 13.8 Å². The van der Waals surface area contributed by atoms with E-state index in [2.05, 4.69) is 72.8 Å². The lowest BCUT2D eigenvalue weighted by atomic mass is 10.2. The molecule has 3 aromatic carbocycles. The summed E-state index contributed by atoms with van der Waals surface area (Å²) in [5, 5.41) is 3.62. The maximum Gasteiger partial charge on any atom is 0.417 e. The quantitative estimate of drug-likeness (QED) is 0.480. The van der Waals surface area contributed by atoms with E-state index in [4.69, 9.17) is 4.74 Å². The van der Waals surface area contributed by atoms with E-state index < -0.39 is 8.07 Å². The fourth-order valence-electron chi connectivity index (χ4n) is 3.74. The van der Waals surface area contributed by atoms with Crippen LogP contribution in [0.3, 0.4) is 0 Å². The minimum atomic E-state index is -2.66. The van der Waals surface area contributed by atoms with Gasteiger partial charge in [-0.1, -0.05) is 105 Å². The summed E-state index contributed by atoms with van der Waals surface area (Å²) in [6, 6.07) is 31.3. The highest BCUT2D eigenvalue weighted by molar-refractivity contribution is 7.12. The van der Waals surface area contributed by atoms with E-state index in [0.717, 1.165) is 5.92 Å². The van der Waals surface area contributed by atoms with E-state index in [9.17, 15) is 4.79 Å². The number of ether oxygens (including phenoxy) is 1. The van der Waals surface area contributed by atoms with E-state index >= 15 is 0 Å². The second-order valence-electron chi connectivity index (χ2n) is 6.56. The Hall–Kier alpha value is -2.65. The monoisotopic (exact) mass is 358 g/mol. The fraction of sp³-hybridized carbons (Fsp3) is 0.130. The van der Waals surface area contributed by atoms with Gasteiger partial charge >= 0.3 is 6.47 Å². The van der Waals surface area contributed by atoms with Crippen molar-refractivity contribution in [3.63, 3.8) is 0 Å². The average Bonchev–Trinajstić information content (AvgIpc) is 2.70. The first-order chi connectivity index (χ1) is 12.7. The van der Waals surface area contributed by atoms with Crippen LogP contribution in [0.2, 0.25) is 0 Å². The molecule has 1 atom stereocenters. The van der Waals surface area contributed by atoms with Gasteiger partial charge in [0.15, 0.2) is 8.07 Å². The summed E-state index contributed by atoms with van der Waals surface area (Å²) in [6.07, 6.45) is 0.